The van der Waals surface area contributed by atoms with Crippen molar-refractivity contribution < 1.29 is 22.7 Å². The van der Waals surface area contributed by atoms with E-state index in [9.17, 15) is 18.0 Å². The molecule has 4 aromatic rings. The molecule has 0 aliphatic heterocycles. The van der Waals surface area contributed by atoms with Crippen molar-refractivity contribution in [2.45, 2.75) is 30.4 Å². The summed E-state index contributed by atoms with van der Waals surface area (Å²) in [5.41, 5.74) is 0.884. The Morgan fingerprint density at radius 2 is 1.18 bits per heavy atom. The summed E-state index contributed by atoms with van der Waals surface area (Å²) in [4.78, 5) is 26.9. The van der Waals surface area contributed by atoms with Crippen molar-refractivity contribution in [2.24, 2.45) is 0 Å². The highest BCUT2D eigenvalue weighted by Gasteiger charge is 2.38. The summed E-state index contributed by atoms with van der Waals surface area (Å²) in [5, 5.41) is 1.19. The van der Waals surface area contributed by atoms with Crippen LogP contribution in [0, 0.1) is 6.92 Å². The topological polar surface area (TPSA) is 77.5 Å². The lowest BCUT2D eigenvalue weighted by Gasteiger charge is -2.28. The number of esters is 1. The number of rotatable bonds is 10. The van der Waals surface area contributed by atoms with Gasteiger partial charge < -0.3 is 4.74 Å². The van der Waals surface area contributed by atoms with Crippen molar-refractivity contribution in [2.75, 3.05) is 6.61 Å². The van der Waals surface area contributed by atoms with Gasteiger partial charge in [-0.2, -0.15) is 0 Å². The molecule has 0 amide bonds. The Morgan fingerprint density at radius 1 is 0.744 bits per heavy atom. The quantitative estimate of drug-likeness (QED) is 0.212. The number of hydrogen-bond acceptors (Lipinski definition) is 5. The number of benzene rings is 4. The van der Waals surface area contributed by atoms with E-state index >= 15 is 0 Å². The summed E-state index contributed by atoms with van der Waals surface area (Å²) in [6.07, 6.45) is -0.525. The number of sulfone groups is 1. The Bertz CT molecular complexity index is 1480. The van der Waals surface area contributed by atoms with E-state index in [1.54, 1.807) is 24.9 Å². The van der Waals surface area contributed by atoms with Gasteiger partial charge in [-0.05, 0) is 54.6 Å². The average molecular weight is 559 g/mol. The first-order valence-electron chi connectivity index (χ1n) is 12.7. The van der Waals surface area contributed by atoms with Crippen LogP contribution in [-0.4, -0.2) is 37.8 Å². The third kappa shape index (κ3) is 6.13. The smallest absolute Gasteiger partial charge is 0.325 e. The van der Waals surface area contributed by atoms with Gasteiger partial charge in [-0.25, -0.2) is 8.42 Å². The van der Waals surface area contributed by atoms with Crippen LogP contribution in [0.25, 0.3) is 0 Å². The molecule has 1 atom stereocenters. The molecule has 0 aliphatic carbocycles. The minimum absolute atomic E-state index is 0.00559. The first-order valence-corrected chi connectivity index (χ1v) is 16.1. The van der Waals surface area contributed by atoms with Gasteiger partial charge in [0.25, 0.3) is 0 Å². The number of carbonyl (C=O) groups excluding carboxylic acids is 2. The molecule has 4 rings (SSSR count). The van der Waals surface area contributed by atoms with Crippen LogP contribution < -0.4 is 15.9 Å². The molecule has 0 saturated carbocycles. The maximum Gasteiger partial charge on any atom is 0.325 e. The van der Waals surface area contributed by atoms with Gasteiger partial charge in [-0.15, -0.1) is 0 Å². The summed E-state index contributed by atoms with van der Waals surface area (Å²) >= 11 is 0. The van der Waals surface area contributed by atoms with Gasteiger partial charge in [0.05, 0.1) is 11.5 Å². The molecule has 7 heteroatoms. The fourth-order valence-corrected chi connectivity index (χ4v) is 9.91. The maximum absolute atomic E-state index is 13.9. The molecule has 0 aromatic heterocycles. The maximum atomic E-state index is 13.9. The first kappa shape index (κ1) is 28.3. The van der Waals surface area contributed by atoms with Crippen LogP contribution in [-0.2, 0) is 24.2 Å². The second-order valence-corrected chi connectivity index (χ2v) is 14.5. The second-order valence-electron chi connectivity index (χ2n) is 9.13. The summed E-state index contributed by atoms with van der Waals surface area (Å²) in [6, 6.07) is 35.5. The van der Waals surface area contributed by atoms with Gasteiger partial charge in [-0.1, -0.05) is 109 Å². The van der Waals surface area contributed by atoms with E-state index < -0.39 is 40.1 Å². The van der Waals surface area contributed by atoms with Crippen LogP contribution in [0.2, 0.25) is 0 Å². The standard InChI is InChI=1S/C32H31O5PS/c1-3-37-32(34)31(39(35,36)30-21-19-25(2)20-22-30)23-26(33)24-38(27-13-7-4-8-14-27,28-15-9-5-10-16-28)29-17-11-6-12-18-29/h4-22,24,31H,3,23H2,1-2H3. The molecule has 5 nitrogen and oxygen atoms in total. The van der Waals surface area contributed by atoms with Gasteiger partial charge in [0.15, 0.2) is 20.9 Å². The SMILES string of the molecule is CCOC(=O)C(CC(=O)C=P(c1ccccc1)(c1ccccc1)c1ccccc1)S(=O)(=O)c1ccc(C)cc1. The summed E-state index contributed by atoms with van der Waals surface area (Å²) < 4.78 is 32.4. The molecular weight excluding hydrogens is 527 g/mol. The molecule has 0 bridgehead atoms. The molecule has 0 radical (unpaired) electrons. The minimum Gasteiger partial charge on any atom is -0.465 e. The van der Waals surface area contributed by atoms with Gasteiger partial charge in [0.2, 0.25) is 0 Å². The van der Waals surface area contributed by atoms with Crippen molar-refractivity contribution in [1.82, 2.24) is 0 Å². The highest BCUT2D eigenvalue weighted by Crippen LogP contribution is 2.43. The molecule has 0 fully saturated rings. The summed E-state index contributed by atoms with van der Waals surface area (Å²) in [6.45, 7) is 0.796. The van der Waals surface area contributed by atoms with Gasteiger partial charge >= 0.3 is 5.97 Å². The van der Waals surface area contributed by atoms with Gasteiger partial charge in [-0.3, -0.25) is 9.59 Å². The number of Topliss-reactive ketones (excluding diaryl/α,β-unsaturated/α-hetero) is 1. The molecule has 0 spiro atoms. The lowest BCUT2D eigenvalue weighted by atomic mass is 10.2. The van der Waals surface area contributed by atoms with E-state index in [2.05, 4.69) is 0 Å². The monoisotopic (exact) mass is 558 g/mol. The lowest BCUT2D eigenvalue weighted by molar-refractivity contribution is -0.143. The van der Waals surface area contributed by atoms with Gasteiger partial charge in [0, 0.05) is 6.42 Å². The van der Waals surface area contributed by atoms with E-state index in [-0.39, 0.29) is 11.5 Å². The third-order valence-electron chi connectivity index (χ3n) is 6.49. The molecule has 0 N–H and O–H groups in total. The Labute approximate surface area is 230 Å². The first-order chi connectivity index (χ1) is 18.8. The van der Waals surface area contributed by atoms with Crippen molar-refractivity contribution in [3.63, 3.8) is 0 Å². The number of aryl methyl sites for hydroxylation is 1. The molecule has 200 valence electrons. The van der Waals surface area contributed by atoms with Crippen molar-refractivity contribution in [3.05, 3.63) is 121 Å². The molecule has 4 aromatic carbocycles. The number of carbonyl (C=O) groups is 2. The lowest BCUT2D eigenvalue weighted by Crippen LogP contribution is -2.36. The summed E-state index contributed by atoms with van der Waals surface area (Å²) in [7, 11) is -4.19. The number of hydrogen-bond donors (Lipinski definition) is 0. The van der Waals surface area contributed by atoms with E-state index in [1.165, 1.54) is 12.1 Å². The van der Waals surface area contributed by atoms with Gasteiger partial charge in [0.1, 0.15) is 0 Å². The highest BCUT2D eigenvalue weighted by atomic mass is 32.2. The molecule has 39 heavy (non-hydrogen) atoms. The Morgan fingerprint density at radius 3 is 1.59 bits per heavy atom. The highest BCUT2D eigenvalue weighted by molar-refractivity contribution is 7.95. The van der Waals surface area contributed by atoms with Crippen LogP contribution in [0.5, 0.6) is 0 Å². The normalized spacial score (nSPS) is 12.4. The molecule has 1 unspecified atom stereocenters. The van der Waals surface area contributed by atoms with E-state index in [0.717, 1.165) is 21.5 Å². The predicted molar refractivity (Wildman–Crippen MR) is 160 cm³/mol. The Hall–Kier alpha value is -3.73. The second kappa shape index (κ2) is 12.4. The van der Waals surface area contributed by atoms with Crippen LogP contribution in [0.15, 0.2) is 120 Å². The fourth-order valence-electron chi connectivity index (χ4n) is 4.56. The van der Waals surface area contributed by atoms with Crippen molar-refractivity contribution in [1.29, 1.82) is 0 Å². The van der Waals surface area contributed by atoms with E-state index in [1.807, 2.05) is 97.9 Å². The number of ketones is 1. The zero-order valence-electron chi connectivity index (χ0n) is 21.9. The molecule has 0 saturated heterocycles. The van der Waals surface area contributed by atoms with Crippen molar-refractivity contribution >= 4 is 50.2 Å². The largest absolute Gasteiger partial charge is 0.465 e. The van der Waals surface area contributed by atoms with E-state index in [0.29, 0.717) is 0 Å². The number of ether oxygens (including phenoxy) is 1. The Balaban J connectivity index is 1.90. The molecule has 0 aliphatic rings. The molecule has 0 heterocycles. The minimum atomic E-state index is -4.19. The predicted octanol–water partition coefficient (Wildman–Crippen LogP) is 4.46. The van der Waals surface area contributed by atoms with Crippen LogP contribution in [0.3, 0.4) is 0 Å². The summed E-state index contributed by atoms with van der Waals surface area (Å²) in [5.74, 6) is 0.292. The van der Waals surface area contributed by atoms with Crippen LogP contribution in [0.1, 0.15) is 18.9 Å². The van der Waals surface area contributed by atoms with Crippen molar-refractivity contribution in [3.8, 4) is 0 Å². The zero-order valence-corrected chi connectivity index (χ0v) is 23.6. The fraction of sp³-hybridized carbons (Fsp3) is 0.156. The Kier molecular flexibility index (Phi) is 9.01. The van der Waals surface area contributed by atoms with Crippen LogP contribution >= 0.6 is 6.89 Å². The van der Waals surface area contributed by atoms with Crippen LogP contribution in [0.4, 0.5) is 0 Å². The third-order valence-corrected chi connectivity index (χ3v) is 12.5. The molecular formula is C32H31O5PS. The van der Waals surface area contributed by atoms with E-state index in [4.69, 9.17) is 4.74 Å². The average Bonchev–Trinajstić information content (AvgIpc) is 2.96. The zero-order chi connectivity index (χ0) is 27.9.